The lowest BCUT2D eigenvalue weighted by Gasteiger charge is -2.23. The van der Waals surface area contributed by atoms with E-state index in [0.29, 0.717) is 6.54 Å². The monoisotopic (exact) mass is 285 g/mol. The zero-order valence-corrected chi connectivity index (χ0v) is 12.9. The van der Waals surface area contributed by atoms with Gasteiger partial charge in [-0.2, -0.15) is 0 Å². The van der Waals surface area contributed by atoms with Gasteiger partial charge in [0.15, 0.2) is 0 Å². The molecular weight excluding hydrogens is 258 g/mol. The van der Waals surface area contributed by atoms with Crippen molar-refractivity contribution in [2.24, 2.45) is 0 Å². The van der Waals surface area contributed by atoms with E-state index in [4.69, 9.17) is 4.74 Å². The summed E-state index contributed by atoms with van der Waals surface area (Å²) in [4.78, 5) is 23.3. The fourth-order valence-corrected chi connectivity index (χ4v) is 2.05. The van der Waals surface area contributed by atoms with Gasteiger partial charge in [-0.3, -0.25) is 4.79 Å². The van der Waals surface area contributed by atoms with Crippen molar-refractivity contribution in [3.05, 3.63) is 0 Å². The van der Waals surface area contributed by atoms with Crippen molar-refractivity contribution in [1.82, 2.24) is 16.0 Å². The number of carbonyl (C=O) groups is 2. The van der Waals surface area contributed by atoms with E-state index >= 15 is 0 Å². The van der Waals surface area contributed by atoms with Crippen LogP contribution in [0.1, 0.15) is 47.0 Å². The molecule has 20 heavy (non-hydrogen) atoms. The molecule has 2 atom stereocenters. The molecule has 1 fully saturated rings. The van der Waals surface area contributed by atoms with Crippen LogP contribution in [0.3, 0.4) is 0 Å². The van der Waals surface area contributed by atoms with Crippen molar-refractivity contribution in [2.75, 3.05) is 13.1 Å². The molecule has 1 saturated heterocycles. The molecule has 1 heterocycles. The number of alkyl carbamates (subject to hydrolysis) is 1. The third kappa shape index (κ3) is 6.75. The Hall–Kier alpha value is -1.30. The molecule has 1 aliphatic heterocycles. The number of amides is 2. The molecule has 1 rings (SSSR count). The Morgan fingerprint density at radius 1 is 1.45 bits per heavy atom. The highest BCUT2D eigenvalue weighted by Crippen LogP contribution is 2.07. The highest BCUT2D eigenvalue weighted by molar-refractivity contribution is 5.81. The van der Waals surface area contributed by atoms with Gasteiger partial charge < -0.3 is 20.7 Å². The Bertz CT molecular complexity index is 339. The van der Waals surface area contributed by atoms with E-state index in [0.717, 1.165) is 25.8 Å². The minimum absolute atomic E-state index is 0.0105. The molecule has 2 unspecified atom stereocenters. The Morgan fingerprint density at radius 2 is 2.15 bits per heavy atom. The second-order valence-corrected chi connectivity index (χ2v) is 6.29. The minimum atomic E-state index is -0.498. The maximum atomic E-state index is 11.8. The molecule has 0 radical (unpaired) electrons. The SMILES string of the molecule is CC(CNC(=O)OC(C)(C)C)NC1CCCCNC1=O. The Labute approximate surface area is 121 Å². The fourth-order valence-electron chi connectivity index (χ4n) is 2.05. The molecule has 0 spiro atoms. The van der Waals surface area contributed by atoms with Crippen LogP contribution in [-0.2, 0) is 9.53 Å². The molecule has 0 saturated carbocycles. The highest BCUT2D eigenvalue weighted by atomic mass is 16.6. The maximum Gasteiger partial charge on any atom is 0.407 e. The van der Waals surface area contributed by atoms with Crippen molar-refractivity contribution in [3.8, 4) is 0 Å². The van der Waals surface area contributed by atoms with Crippen molar-refractivity contribution in [2.45, 2.75) is 64.6 Å². The van der Waals surface area contributed by atoms with E-state index in [2.05, 4.69) is 16.0 Å². The molecule has 116 valence electrons. The molecule has 0 aromatic rings. The number of ether oxygens (including phenoxy) is 1. The normalized spacial score (nSPS) is 21.6. The molecule has 0 aliphatic carbocycles. The molecule has 6 nitrogen and oxygen atoms in total. The first-order valence-electron chi connectivity index (χ1n) is 7.28. The second kappa shape index (κ2) is 7.47. The highest BCUT2D eigenvalue weighted by Gasteiger charge is 2.22. The van der Waals surface area contributed by atoms with Crippen LogP contribution in [0.5, 0.6) is 0 Å². The van der Waals surface area contributed by atoms with Gasteiger partial charge in [0.25, 0.3) is 0 Å². The van der Waals surface area contributed by atoms with Crippen LogP contribution < -0.4 is 16.0 Å². The lowest BCUT2D eigenvalue weighted by molar-refractivity contribution is -0.123. The summed E-state index contributed by atoms with van der Waals surface area (Å²) in [5, 5.41) is 8.83. The number of rotatable bonds is 4. The van der Waals surface area contributed by atoms with Crippen LogP contribution in [0.4, 0.5) is 4.79 Å². The average Bonchev–Trinajstić information content (AvgIpc) is 2.50. The second-order valence-electron chi connectivity index (χ2n) is 6.29. The summed E-state index contributed by atoms with van der Waals surface area (Å²) < 4.78 is 5.16. The number of carbonyl (C=O) groups excluding carboxylic acids is 2. The summed E-state index contributed by atoms with van der Waals surface area (Å²) in [6, 6.07) is -0.163. The molecule has 0 bridgehead atoms. The topological polar surface area (TPSA) is 79.5 Å². The molecule has 2 amide bonds. The van der Waals surface area contributed by atoms with E-state index in [1.54, 1.807) is 0 Å². The molecular formula is C14H27N3O3. The van der Waals surface area contributed by atoms with E-state index < -0.39 is 11.7 Å². The summed E-state index contributed by atoms with van der Waals surface area (Å²) in [6.45, 7) is 8.59. The van der Waals surface area contributed by atoms with Crippen LogP contribution in [0.2, 0.25) is 0 Å². The molecule has 0 aromatic carbocycles. The third-order valence-electron chi connectivity index (χ3n) is 2.97. The minimum Gasteiger partial charge on any atom is -0.444 e. The van der Waals surface area contributed by atoms with Crippen molar-refractivity contribution >= 4 is 12.0 Å². The van der Waals surface area contributed by atoms with Gasteiger partial charge in [-0.15, -0.1) is 0 Å². The predicted octanol–water partition coefficient (Wildman–Crippen LogP) is 1.16. The first-order valence-corrected chi connectivity index (χ1v) is 7.28. The van der Waals surface area contributed by atoms with E-state index in [-0.39, 0.29) is 18.0 Å². The van der Waals surface area contributed by atoms with Crippen molar-refractivity contribution in [1.29, 1.82) is 0 Å². The van der Waals surface area contributed by atoms with Gasteiger partial charge in [-0.1, -0.05) is 0 Å². The summed E-state index contributed by atoms with van der Waals surface area (Å²) in [5.74, 6) is 0.0478. The standard InChI is InChI=1S/C14H27N3O3/c1-10(9-16-13(19)20-14(2,3)4)17-11-7-5-6-8-15-12(11)18/h10-11,17H,5-9H2,1-4H3,(H,15,18)(H,16,19). The van der Waals surface area contributed by atoms with Crippen LogP contribution in [0.15, 0.2) is 0 Å². The van der Waals surface area contributed by atoms with E-state index in [1.165, 1.54) is 0 Å². The lowest BCUT2D eigenvalue weighted by atomic mass is 10.1. The number of nitrogens with one attached hydrogen (secondary N) is 3. The number of hydrogen-bond donors (Lipinski definition) is 3. The van der Waals surface area contributed by atoms with Gasteiger partial charge in [0, 0.05) is 19.1 Å². The quantitative estimate of drug-likeness (QED) is 0.724. The molecule has 0 aromatic heterocycles. The maximum absolute atomic E-state index is 11.8. The smallest absolute Gasteiger partial charge is 0.407 e. The summed E-state index contributed by atoms with van der Waals surface area (Å²) in [5.41, 5.74) is -0.498. The van der Waals surface area contributed by atoms with Gasteiger partial charge >= 0.3 is 6.09 Å². The van der Waals surface area contributed by atoms with E-state index in [1.807, 2.05) is 27.7 Å². The molecule has 3 N–H and O–H groups in total. The first kappa shape index (κ1) is 16.8. The van der Waals surface area contributed by atoms with Crippen LogP contribution in [0, 0.1) is 0 Å². The third-order valence-corrected chi connectivity index (χ3v) is 2.97. The molecule has 1 aliphatic rings. The Kier molecular flexibility index (Phi) is 6.26. The largest absolute Gasteiger partial charge is 0.444 e. The Morgan fingerprint density at radius 3 is 2.80 bits per heavy atom. The van der Waals surface area contributed by atoms with Gasteiger partial charge in [0.1, 0.15) is 5.60 Å². The molecule has 6 heteroatoms. The predicted molar refractivity (Wildman–Crippen MR) is 77.5 cm³/mol. The van der Waals surface area contributed by atoms with Gasteiger partial charge in [0.2, 0.25) is 5.91 Å². The Balaban J connectivity index is 2.30. The average molecular weight is 285 g/mol. The zero-order chi connectivity index (χ0) is 15.2. The van der Waals surface area contributed by atoms with Crippen molar-refractivity contribution < 1.29 is 14.3 Å². The van der Waals surface area contributed by atoms with Crippen molar-refractivity contribution in [3.63, 3.8) is 0 Å². The van der Waals surface area contributed by atoms with Crippen LogP contribution in [0.25, 0.3) is 0 Å². The van der Waals surface area contributed by atoms with Gasteiger partial charge in [0.05, 0.1) is 6.04 Å². The van der Waals surface area contributed by atoms with Gasteiger partial charge in [-0.05, 0) is 47.0 Å². The summed E-state index contributed by atoms with van der Waals surface area (Å²) in [6.07, 6.45) is 2.45. The zero-order valence-electron chi connectivity index (χ0n) is 12.9. The lowest BCUT2D eigenvalue weighted by Crippen LogP contribution is -2.50. The van der Waals surface area contributed by atoms with E-state index in [9.17, 15) is 9.59 Å². The summed E-state index contributed by atoms with van der Waals surface area (Å²) >= 11 is 0. The van der Waals surface area contributed by atoms with Crippen LogP contribution in [-0.4, -0.2) is 42.8 Å². The number of hydrogen-bond acceptors (Lipinski definition) is 4. The summed E-state index contributed by atoms with van der Waals surface area (Å²) in [7, 11) is 0. The first-order chi connectivity index (χ1) is 9.28. The fraction of sp³-hybridized carbons (Fsp3) is 0.857. The van der Waals surface area contributed by atoms with Gasteiger partial charge in [-0.25, -0.2) is 4.79 Å². The van der Waals surface area contributed by atoms with Crippen LogP contribution >= 0.6 is 0 Å².